The molecule has 0 radical (unpaired) electrons. The van der Waals surface area contributed by atoms with Gasteiger partial charge in [0.2, 0.25) is 0 Å². The van der Waals surface area contributed by atoms with Gasteiger partial charge >= 0.3 is 0 Å². The van der Waals surface area contributed by atoms with Crippen LogP contribution >= 0.6 is 0 Å². The average Bonchev–Trinajstić information content (AvgIpc) is 1.84. The van der Waals surface area contributed by atoms with Crippen LogP contribution < -0.4 is 11.3 Å². The van der Waals surface area contributed by atoms with Crippen molar-refractivity contribution in [1.82, 2.24) is 5.43 Å². The van der Waals surface area contributed by atoms with Crippen molar-refractivity contribution in [2.75, 3.05) is 0 Å². The fourth-order valence-electron chi connectivity index (χ4n) is 0.256. The van der Waals surface area contributed by atoms with Gasteiger partial charge in [0, 0.05) is 6.04 Å². The Labute approximate surface area is 49.5 Å². The molecule has 2 atom stereocenters. The van der Waals surface area contributed by atoms with Gasteiger partial charge in [0.1, 0.15) is 0 Å². The molecule has 0 aromatic rings. The van der Waals surface area contributed by atoms with Crippen LogP contribution in [0.25, 0.3) is 0 Å². The van der Waals surface area contributed by atoms with E-state index >= 15 is 0 Å². The van der Waals surface area contributed by atoms with Gasteiger partial charge in [-0.3, -0.25) is 11.3 Å². The topological polar surface area (TPSA) is 61.8 Å². The second-order valence-corrected chi connectivity index (χ2v) is 1.87. The third kappa shape index (κ3) is 1.92. The standard InChI is InChI=1S/C5H11N3/c1-4(3-6)5(2)8-7/h4-5,8H,7H2,1-2H3/t4?,5-/m0/s1. The predicted octanol–water partition coefficient (Wildman–Crippen LogP) is -0.00212. The molecule has 0 fully saturated rings. The number of nitrogens with two attached hydrogens (primary N) is 1. The largest absolute Gasteiger partial charge is 0.271 e. The smallest absolute Gasteiger partial charge is 0.0669 e. The molecule has 0 aliphatic carbocycles. The van der Waals surface area contributed by atoms with Crippen LogP contribution in [0.4, 0.5) is 0 Å². The summed E-state index contributed by atoms with van der Waals surface area (Å²) < 4.78 is 0. The van der Waals surface area contributed by atoms with Gasteiger partial charge < -0.3 is 0 Å². The van der Waals surface area contributed by atoms with E-state index in [2.05, 4.69) is 11.5 Å². The Hall–Kier alpha value is -0.590. The maximum atomic E-state index is 8.29. The van der Waals surface area contributed by atoms with E-state index in [0.717, 1.165) is 0 Å². The summed E-state index contributed by atoms with van der Waals surface area (Å²) in [6.45, 7) is 3.69. The lowest BCUT2D eigenvalue weighted by atomic mass is 10.1. The first-order chi connectivity index (χ1) is 3.72. The van der Waals surface area contributed by atoms with Gasteiger partial charge in [-0.15, -0.1) is 0 Å². The number of hydrazine groups is 1. The Morgan fingerprint density at radius 1 is 1.62 bits per heavy atom. The monoisotopic (exact) mass is 113 g/mol. The number of nitriles is 1. The molecular weight excluding hydrogens is 102 g/mol. The first-order valence-corrected chi connectivity index (χ1v) is 2.58. The molecule has 0 aromatic heterocycles. The summed E-state index contributed by atoms with van der Waals surface area (Å²) in [4.78, 5) is 0. The van der Waals surface area contributed by atoms with Crippen LogP contribution in [0.1, 0.15) is 13.8 Å². The Balaban J connectivity index is 3.49. The van der Waals surface area contributed by atoms with Crippen LogP contribution in [0, 0.1) is 17.2 Å². The van der Waals surface area contributed by atoms with Gasteiger partial charge in [0.25, 0.3) is 0 Å². The highest BCUT2D eigenvalue weighted by Gasteiger charge is 2.06. The third-order valence-corrected chi connectivity index (χ3v) is 1.22. The minimum Gasteiger partial charge on any atom is -0.271 e. The molecule has 0 aliphatic rings. The van der Waals surface area contributed by atoms with E-state index in [0.29, 0.717) is 0 Å². The van der Waals surface area contributed by atoms with Crippen molar-refractivity contribution in [3.63, 3.8) is 0 Å². The van der Waals surface area contributed by atoms with Crippen LogP contribution in [0.5, 0.6) is 0 Å². The van der Waals surface area contributed by atoms with E-state index in [1.165, 1.54) is 0 Å². The first kappa shape index (κ1) is 7.41. The van der Waals surface area contributed by atoms with E-state index < -0.39 is 0 Å². The third-order valence-electron chi connectivity index (χ3n) is 1.22. The molecule has 3 N–H and O–H groups in total. The van der Waals surface area contributed by atoms with E-state index in [4.69, 9.17) is 11.1 Å². The van der Waals surface area contributed by atoms with E-state index in [1.807, 2.05) is 13.8 Å². The quantitative estimate of drug-likeness (QED) is 0.391. The van der Waals surface area contributed by atoms with Crippen LogP contribution in [0.3, 0.4) is 0 Å². The highest BCUT2D eigenvalue weighted by atomic mass is 15.2. The van der Waals surface area contributed by atoms with E-state index in [1.54, 1.807) is 0 Å². The van der Waals surface area contributed by atoms with Crippen LogP contribution in [-0.2, 0) is 0 Å². The zero-order valence-electron chi connectivity index (χ0n) is 5.18. The molecule has 1 unspecified atom stereocenters. The molecule has 0 amide bonds. The Kier molecular flexibility index (Phi) is 3.16. The Morgan fingerprint density at radius 2 is 2.12 bits per heavy atom. The lowest BCUT2D eigenvalue weighted by Gasteiger charge is -2.09. The molecule has 0 rings (SSSR count). The maximum Gasteiger partial charge on any atom is 0.0669 e. The van der Waals surface area contributed by atoms with Crippen molar-refractivity contribution in [3.8, 4) is 6.07 Å². The normalized spacial score (nSPS) is 16.8. The fourth-order valence-corrected chi connectivity index (χ4v) is 0.256. The molecule has 8 heavy (non-hydrogen) atoms. The average molecular weight is 113 g/mol. The van der Waals surface area contributed by atoms with Crippen molar-refractivity contribution in [3.05, 3.63) is 0 Å². The van der Waals surface area contributed by atoms with Crippen molar-refractivity contribution >= 4 is 0 Å². The molecule has 3 nitrogen and oxygen atoms in total. The number of hydrogen-bond acceptors (Lipinski definition) is 3. The van der Waals surface area contributed by atoms with Gasteiger partial charge in [-0.25, -0.2) is 0 Å². The van der Waals surface area contributed by atoms with Gasteiger partial charge in [-0.05, 0) is 13.8 Å². The predicted molar refractivity (Wildman–Crippen MR) is 31.6 cm³/mol. The summed E-state index contributed by atoms with van der Waals surface area (Å²) in [7, 11) is 0. The summed E-state index contributed by atoms with van der Waals surface area (Å²) >= 11 is 0. The van der Waals surface area contributed by atoms with Crippen molar-refractivity contribution < 1.29 is 0 Å². The zero-order chi connectivity index (χ0) is 6.57. The summed E-state index contributed by atoms with van der Waals surface area (Å²) in [5.74, 6) is 5.03. The molecule has 0 aromatic carbocycles. The summed E-state index contributed by atoms with van der Waals surface area (Å²) in [5, 5.41) is 8.29. The Morgan fingerprint density at radius 3 is 2.25 bits per heavy atom. The molecule has 0 bridgehead atoms. The van der Waals surface area contributed by atoms with Gasteiger partial charge in [-0.2, -0.15) is 5.26 Å². The minimum atomic E-state index is -0.0139. The van der Waals surface area contributed by atoms with Crippen LogP contribution in [0.2, 0.25) is 0 Å². The fraction of sp³-hybridized carbons (Fsp3) is 0.800. The summed E-state index contributed by atoms with van der Waals surface area (Å²) in [6, 6.07) is 2.16. The molecule has 0 heterocycles. The van der Waals surface area contributed by atoms with E-state index in [-0.39, 0.29) is 12.0 Å². The second kappa shape index (κ2) is 3.42. The zero-order valence-corrected chi connectivity index (χ0v) is 5.18. The number of nitrogens with one attached hydrogen (secondary N) is 1. The van der Waals surface area contributed by atoms with Crippen LogP contribution in [-0.4, -0.2) is 6.04 Å². The van der Waals surface area contributed by atoms with Crippen molar-refractivity contribution in [1.29, 1.82) is 5.26 Å². The highest BCUT2D eigenvalue weighted by Crippen LogP contribution is 1.96. The van der Waals surface area contributed by atoms with Gasteiger partial charge in [-0.1, -0.05) is 0 Å². The highest BCUT2D eigenvalue weighted by molar-refractivity contribution is 4.85. The number of nitrogens with zero attached hydrogens (tertiary/aromatic N) is 1. The second-order valence-electron chi connectivity index (χ2n) is 1.87. The molecular formula is C5H11N3. The molecule has 0 aliphatic heterocycles. The molecule has 46 valence electrons. The van der Waals surface area contributed by atoms with Crippen molar-refractivity contribution in [2.45, 2.75) is 19.9 Å². The summed E-state index contributed by atoms with van der Waals surface area (Å²) in [5.41, 5.74) is 2.49. The number of rotatable bonds is 2. The van der Waals surface area contributed by atoms with Gasteiger partial charge in [0.15, 0.2) is 0 Å². The lowest BCUT2D eigenvalue weighted by Crippen LogP contribution is -2.36. The Bertz CT molecular complexity index is 94.3. The van der Waals surface area contributed by atoms with Crippen LogP contribution in [0.15, 0.2) is 0 Å². The summed E-state index contributed by atoms with van der Waals surface area (Å²) in [6.07, 6.45) is 0. The number of hydrogen-bond donors (Lipinski definition) is 2. The molecule has 3 heteroatoms. The minimum absolute atomic E-state index is 0.0139. The van der Waals surface area contributed by atoms with Crippen molar-refractivity contribution in [2.24, 2.45) is 11.8 Å². The maximum absolute atomic E-state index is 8.29. The molecule has 0 saturated carbocycles. The first-order valence-electron chi connectivity index (χ1n) is 2.58. The molecule has 0 saturated heterocycles. The van der Waals surface area contributed by atoms with E-state index in [9.17, 15) is 0 Å². The van der Waals surface area contributed by atoms with Gasteiger partial charge in [0.05, 0.1) is 12.0 Å². The SMILES string of the molecule is CC(C#N)[C@H](C)NN. The lowest BCUT2D eigenvalue weighted by molar-refractivity contribution is 0.480. The molecule has 0 spiro atoms.